The van der Waals surface area contributed by atoms with Crippen LogP contribution in [0.2, 0.25) is 10.0 Å². The fraction of sp³-hybridized carbons (Fsp3) is 0.235. The highest BCUT2D eigenvalue weighted by molar-refractivity contribution is 7.92. The summed E-state index contributed by atoms with van der Waals surface area (Å²) in [5, 5.41) is 3.18. The molecule has 1 N–H and O–H groups in total. The number of hydrogen-bond acceptors (Lipinski definition) is 4. The Hall–Kier alpha value is -3.92. The Labute approximate surface area is 273 Å². The molecule has 4 aromatic carbocycles. The van der Waals surface area contributed by atoms with Gasteiger partial charge in [-0.2, -0.15) is 0 Å². The fourth-order valence-corrected chi connectivity index (χ4v) is 6.61. The van der Waals surface area contributed by atoms with Crippen molar-refractivity contribution in [2.45, 2.75) is 50.2 Å². The van der Waals surface area contributed by atoms with Crippen molar-refractivity contribution in [1.82, 2.24) is 10.2 Å². The van der Waals surface area contributed by atoms with Gasteiger partial charge in [0.05, 0.1) is 15.6 Å². The van der Waals surface area contributed by atoms with Crippen LogP contribution in [0.4, 0.5) is 10.1 Å². The molecule has 0 aliphatic carbocycles. The van der Waals surface area contributed by atoms with Gasteiger partial charge in [0.1, 0.15) is 18.4 Å². The number of hydrogen-bond donors (Lipinski definition) is 1. The topological polar surface area (TPSA) is 86.8 Å². The molecule has 0 saturated heterocycles. The summed E-state index contributed by atoms with van der Waals surface area (Å²) >= 11 is 12.7. The summed E-state index contributed by atoms with van der Waals surface area (Å²) in [6.45, 7) is 4.37. The molecule has 0 spiro atoms. The number of nitrogens with one attached hydrogen (secondary N) is 1. The smallest absolute Gasteiger partial charge is 0.264 e. The predicted molar refractivity (Wildman–Crippen MR) is 176 cm³/mol. The van der Waals surface area contributed by atoms with Crippen LogP contribution in [0.15, 0.2) is 108 Å². The summed E-state index contributed by atoms with van der Waals surface area (Å²) in [5.41, 5.74) is 0.233. The number of anilines is 1. The summed E-state index contributed by atoms with van der Waals surface area (Å²) in [6, 6.07) is 25.8. The van der Waals surface area contributed by atoms with E-state index in [4.69, 9.17) is 23.2 Å². The van der Waals surface area contributed by atoms with E-state index in [9.17, 15) is 18.0 Å². The van der Waals surface area contributed by atoms with Crippen molar-refractivity contribution >= 4 is 50.7 Å². The van der Waals surface area contributed by atoms with Crippen molar-refractivity contribution in [3.63, 3.8) is 0 Å². The van der Waals surface area contributed by atoms with Gasteiger partial charge in [-0.25, -0.2) is 12.8 Å². The number of carbonyl (C=O) groups excluding carboxylic acids is 2. The summed E-state index contributed by atoms with van der Waals surface area (Å²) in [4.78, 5) is 29.5. The second-order valence-corrected chi connectivity index (χ2v) is 14.2. The van der Waals surface area contributed by atoms with Crippen molar-refractivity contribution in [3.05, 3.63) is 130 Å². The van der Waals surface area contributed by atoms with Crippen LogP contribution in [0.5, 0.6) is 0 Å². The minimum atomic E-state index is -4.37. The van der Waals surface area contributed by atoms with E-state index in [0.717, 1.165) is 9.87 Å². The minimum Gasteiger partial charge on any atom is -0.350 e. The largest absolute Gasteiger partial charge is 0.350 e. The number of sulfonamides is 1. The summed E-state index contributed by atoms with van der Waals surface area (Å²) in [5.74, 6) is -1.80. The third-order valence-electron chi connectivity index (χ3n) is 6.85. The summed E-state index contributed by atoms with van der Waals surface area (Å²) < 4.78 is 44.0. The Morgan fingerprint density at radius 1 is 0.867 bits per heavy atom. The molecule has 0 aliphatic rings. The molecule has 0 radical (unpaired) electrons. The van der Waals surface area contributed by atoms with E-state index >= 15 is 4.39 Å². The molecule has 45 heavy (non-hydrogen) atoms. The van der Waals surface area contributed by atoms with Crippen LogP contribution >= 0.6 is 23.2 Å². The molecule has 4 aromatic rings. The van der Waals surface area contributed by atoms with Gasteiger partial charge in [0, 0.05) is 29.1 Å². The van der Waals surface area contributed by atoms with Crippen LogP contribution in [0.3, 0.4) is 0 Å². The summed E-state index contributed by atoms with van der Waals surface area (Å²) in [7, 11) is -4.37. The lowest BCUT2D eigenvalue weighted by atomic mass is 10.0. The maximum Gasteiger partial charge on any atom is 0.264 e. The average molecular weight is 671 g/mol. The molecule has 1 unspecified atom stereocenters. The molecule has 0 fully saturated rings. The maximum atomic E-state index is 15.0. The molecule has 236 valence electrons. The van der Waals surface area contributed by atoms with Crippen molar-refractivity contribution < 1.29 is 22.4 Å². The number of nitrogens with zero attached hydrogens (tertiary/aromatic N) is 2. The third kappa shape index (κ3) is 8.84. The molecule has 0 heterocycles. The van der Waals surface area contributed by atoms with E-state index in [0.29, 0.717) is 0 Å². The quantitative estimate of drug-likeness (QED) is 0.189. The van der Waals surface area contributed by atoms with E-state index in [2.05, 4.69) is 5.32 Å². The van der Waals surface area contributed by atoms with Crippen LogP contribution in [-0.4, -0.2) is 43.3 Å². The van der Waals surface area contributed by atoms with Gasteiger partial charge >= 0.3 is 0 Å². The highest BCUT2D eigenvalue weighted by atomic mass is 35.5. The Morgan fingerprint density at radius 2 is 1.47 bits per heavy atom. The standard InChI is InChI=1S/C34H34Cl2FN3O4S/c1-34(2,3)38-33(42)31(20-24-12-6-4-7-13-24)39(22-25-14-10-11-17-29(25)37)32(41)23-40(30-21-26(35)18-19-28(30)36)45(43,44)27-15-8-5-9-16-27/h4-19,21,31H,20,22-23H2,1-3H3,(H,38,42). The van der Waals surface area contributed by atoms with Crippen LogP contribution < -0.4 is 9.62 Å². The predicted octanol–water partition coefficient (Wildman–Crippen LogP) is 6.88. The zero-order valence-corrected chi connectivity index (χ0v) is 27.4. The number of carbonyl (C=O) groups is 2. The van der Waals surface area contributed by atoms with E-state index in [-0.39, 0.29) is 39.2 Å². The molecule has 0 bridgehead atoms. The van der Waals surface area contributed by atoms with Crippen molar-refractivity contribution in [2.24, 2.45) is 0 Å². The average Bonchev–Trinajstić information content (AvgIpc) is 2.99. The van der Waals surface area contributed by atoms with E-state index in [1.807, 2.05) is 51.1 Å². The molecule has 7 nitrogen and oxygen atoms in total. The Balaban J connectivity index is 1.85. The maximum absolute atomic E-state index is 15.0. The zero-order valence-electron chi connectivity index (χ0n) is 25.1. The van der Waals surface area contributed by atoms with Gasteiger partial charge in [0.15, 0.2) is 0 Å². The first-order chi connectivity index (χ1) is 21.3. The molecule has 2 amide bonds. The number of amides is 2. The molecule has 4 rings (SSSR count). The molecular formula is C34H34Cl2FN3O4S. The fourth-order valence-electron chi connectivity index (χ4n) is 4.73. The molecule has 0 aliphatic heterocycles. The SMILES string of the molecule is CC(C)(C)NC(=O)C(Cc1ccccc1)N(Cc1ccccc1F)C(=O)CN(c1cc(Cl)ccc1Cl)S(=O)(=O)c1ccccc1. The Morgan fingerprint density at radius 3 is 2.09 bits per heavy atom. The molecule has 1 atom stereocenters. The molecular weight excluding hydrogens is 636 g/mol. The second-order valence-electron chi connectivity index (χ2n) is 11.5. The van der Waals surface area contributed by atoms with Crippen LogP contribution in [0.25, 0.3) is 0 Å². The van der Waals surface area contributed by atoms with Gasteiger partial charge in [-0.1, -0.05) is 89.9 Å². The number of halogens is 3. The van der Waals surface area contributed by atoms with E-state index in [1.165, 1.54) is 53.4 Å². The normalized spacial score (nSPS) is 12.3. The monoisotopic (exact) mass is 669 g/mol. The van der Waals surface area contributed by atoms with E-state index in [1.54, 1.807) is 24.3 Å². The lowest BCUT2D eigenvalue weighted by molar-refractivity contribution is -0.140. The molecule has 0 saturated carbocycles. The number of benzene rings is 4. The third-order valence-corrected chi connectivity index (χ3v) is 9.18. The van der Waals surface area contributed by atoms with Gasteiger partial charge in [-0.05, 0) is 62.7 Å². The second kappa shape index (κ2) is 14.5. The van der Waals surface area contributed by atoms with Gasteiger partial charge < -0.3 is 10.2 Å². The van der Waals surface area contributed by atoms with Crippen LogP contribution in [0, 0.1) is 5.82 Å². The van der Waals surface area contributed by atoms with Gasteiger partial charge in [-0.3, -0.25) is 13.9 Å². The lowest BCUT2D eigenvalue weighted by Crippen LogP contribution is -2.56. The lowest BCUT2D eigenvalue weighted by Gasteiger charge is -2.35. The van der Waals surface area contributed by atoms with Crippen LogP contribution in [-0.2, 0) is 32.6 Å². The van der Waals surface area contributed by atoms with Crippen molar-refractivity contribution in [2.75, 3.05) is 10.8 Å². The first kappa shape index (κ1) is 34.0. The minimum absolute atomic E-state index is 0.0223. The highest BCUT2D eigenvalue weighted by Crippen LogP contribution is 2.33. The molecule has 0 aromatic heterocycles. The van der Waals surface area contributed by atoms with Gasteiger partial charge in [0.2, 0.25) is 11.8 Å². The first-order valence-electron chi connectivity index (χ1n) is 14.2. The Kier molecular flexibility index (Phi) is 10.9. The first-order valence-corrected chi connectivity index (χ1v) is 16.4. The Bertz CT molecular complexity index is 1750. The van der Waals surface area contributed by atoms with Crippen molar-refractivity contribution in [3.8, 4) is 0 Å². The zero-order chi connectivity index (χ0) is 32.8. The van der Waals surface area contributed by atoms with Gasteiger partial charge in [-0.15, -0.1) is 0 Å². The summed E-state index contributed by atoms with van der Waals surface area (Å²) in [6.07, 6.45) is 0.0896. The van der Waals surface area contributed by atoms with Crippen LogP contribution in [0.1, 0.15) is 31.9 Å². The van der Waals surface area contributed by atoms with E-state index < -0.39 is 45.8 Å². The number of rotatable bonds is 11. The van der Waals surface area contributed by atoms with Gasteiger partial charge in [0.25, 0.3) is 10.0 Å². The van der Waals surface area contributed by atoms with Crippen molar-refractivity contribution in [1.29, 1.82) is 0 Å². The molecule has 11 heteroatoms. The highest BCUT2D eigenvalue weighted by Gasteiger charge is 2.36.